The van der Waals surface area contributed by atoms with Crippen molar-refractivity contribution in [3.8, 4) is 22.8 Å². The minimum atomic E-state index is -0.721. The van der Waals surface area contributed by atoms with Gasteiger partial charge in [0.15, 0.2) is 5.65 Å². The maximum absolute atomic E-state index is 15.5. The van der Waals surface area contributed by atoms with Crippen molar-refractivity contribution in [2.45, 2.75) is 31.7 Å². The number of carbonyl (C=O) groups is 2. The van der Waals surface area contributed by atoms with Crippen LogP contribution in [0.1, 0.15) is 31.7 Å². The van der Waals surface area contributed by atoms with E-state index < -0.39 is 11.7 Å². The van der Waals surface area contributed by atoms with Crippen LogP contribution in [0.3, 0.4) is 0 Å². The van der Waals surface area contributed by atoms with E-state index in [4.69, 9.17) is 21.3 Å². The SMILES string of the molecule is NC(=O)/C(=C\C1CC1)C(=O)N1CCC[C@@H](n2nc(-c3ccc(Oc4ccccc4)cc3F)c3c(N)ncnc32)C1. The highest BCUT2D eigenvalue weighted by Gasteiger charge is 2.33. The van der Waals surface area contributed by atoms with Crippen LogP contribution < -0.4 is 16.2 Å². The number of para-hydroxylation sites is 1. The Kier molecular flexibility index (Phi) is 6.63. The monoisotopic (exact) mass is 541 g/mol. The Balaban J connectivity index is 1.33. The number of piperidine rings is 1. The molecule has 2 fully saturated rings. The van der Waals surface area contributed by atoms with Crippen LogP contribution in [0.4, 0.5) is 10.2 Å². The molecule has 0 spiro atoms. The third kappa shape index (κ3) is 4.97. The summed E-state index contributed by atoms with van der Waals surface area (Å²) in [5.74, 6) is -0.321. The molecule has 204 valence electrons. The highest BCUT2D eigenvalue weighted by atomic mass is 19.1. The van der Waals surface area contributed by atoms with Gasteiger partial charge in [-0.3, -0.25) is 9.59 Å². The number of anilines is 1. The molecule has 1 saturated carbocycles. The van der Waals surface area contributed by atoms with Gasteiger partial charge in [-0.15, -0.1) is 0 Å². The van der Waals surface area contributed by atoms with Gasteiger partial charge in [0, 0.05) is 24.7 Å². The molecule has 1 saturated heterocycles. The summed E-state index contributed by atoms with van der Waals surface area (Å²) >= 11 is 0. The molecular formula is C29H28FN7O3. The number of aromatic nitrogens is 4. The molecule has 1 aliphatic heterocycles. The van der Waals surface area contributed by atoms with Gasteiger partial charge in [-0.05, 0) is 55.9 Å². The van der Waals surface area contributed by atoms with Crippen molar-refractivity contribution in [3.05, 3.63) is 72.3 Å². The molecule has 11 heteroatoms. The number of nitrogen functional groups attached to an aromatic ring is 1. The second-order valence-corrected chi connectivity index (χ2v) is 10.1. The van der Waals surface area contributed by atoms with Crippen LogP contribution in [0.15, 0.2) is 66.5 Å². The summed E-state index contributed by atoms with van der Waals surface area (Å²) in [4.78, 5) is 35.5. The lowest BCUT2D eigenvalue weighted by atomic mass is 10.0. The van der Waals surface area contributed by atoms with Crippen molar-refractivity contribution in [1.29, 1.82) is 0 Å². The van der Waals surface area contributed by atoms with Crippen molar-refractivity contribution in [2.24, 2.45) is 11.7 Å². The van der Waals surface area contributed by atoms with Crippen LogP contribution in [0, 0.1) is 11.7 Å². The number of hydrogen-bond donors (Lipinski definition) is 2. The van der Waals surface area contributed by atoms with Gasteiger partial charge in [0.25, 0.3) is 11.8 Å². The maximum Gasteiger partial charge on any atom is 0.259 e. The summed E-state index contributed by atoms with van der Waals surface area (Å²) in [5.41, 5.74) is 12.8. The Morgan fingerprint density at radius 2 is 1.85 bits per heavy atom. The second-order valence-electron chi connectivity index (χ2n) is 10.1. The number of hydrogen-bond acceptors (Lipinski definition) is 7. The summed E-state index contributed by atoms with van der Waals surface area (Å²) in [7, 11) is 0. The van der Waals surface area contributed by atoms with E-state index in [0.29, 0.717) is 54.2 Å². The number of likely N-dealkylation sites (tertiary alicyclic amines) is 1. The zero-order valence-corrected chi connectivity index (χ0v) is 21.7. The number of nitrogens with two attached hydrogens (primary N) is 2. The molecule has 2 aliphatic rings. The summed E-state index contributed by atoms with van der Waals surface area (Å²) in [6.45, 7) is 0.784. The topological polar surface area (TPSA) is 142 Å². The average Bonchev–Trinajstić information content (AvgIpc) is 3.70. The largest absolute Gasteiger partial charge is 0.457 e. The first-order valence-electron chi connectivity index (χ1n) is 13.2. The highest BCUT2D eigenvalue weighted by Crippen LogP contribution is 2.37. The number of primary amides is 1. The van der Waals surface area contributed by atoms with Crippen LogP contribution in [-0.2, 0) is 9.59 Å². The van der Waals surface area contributed by atoms with Crippen molar-refractivity contribution in [3.63, 3.8) is 0 Å². The van der Waals surface area contributed by atoms with Gasteiger partial charge >= 0.3 is 0 Å². The Morgan fingerprint density at radius 3 is 2.58 bits per heavy atom. The quantitative estimate of drug-likeness (QED) is 0.205. The fourth-order valence-electron chi connectivity index (χ4n) is 5.08. The lowest BCUT2D eigenvalue weighted by molar-refractivity contribution is -0.131. The van der Waals surface area contributed by atoms with Crippen LogP contribution in [0.25, 0.3) is 22.3 Å². The normalized spacial score (nSPS) is 17.7. The van der Waals surface area contributed by atoms with Gasteiger partial charge < -0.3 is 21.1 Å². The third-order valence-corrected chi connectivity index (χ3v) is 7.24. The number of benzene rings is 2. The van der Waals surface area contributed by atoms with Gasteiger partial charge in [0.1, 0.15) is 40.7 Å². The molecule has 0 unspecified atom stereocenters. The van der Waals surface area contributed by atoms with E-state index in [2.05, 4.69) is 9.97 Å². The van der Waals surface area contributed by atoms with Gasteiger partial charge in [-0.2, -0.15) is 5.10 Å². The Hall–Kier alpha value is -4.80. The summed E-state index contributed by atoms with van der Waals surface area (Å²) in [6, 6.07) is 13.4. The second kappa shape index (κ2) is 10.4. The van der Waals surface area contributed by atoms with E-state index >= 15 is 4.39 Å². The molecule has 0 radical (unpaired) electrons. The molecular weight excluding hydrogens is 513 g/mol. The maximum atomic E-state index is 15.5. The molecule has 4 aromatic rings. The minimum Gasteiger partial charge on any atom is -0.457 e. The van der Waals surface area contributed by atoms with Gasteiger partial charge in [0.05, 0.1) is 11.4 Å². The van der Waals surface area contributed by atoms with E-state index in [-0.39, 0.29) is 34.8 Å². The number of nitrogens with zero attached hydrogens (tertiary/aromatic N) is 5. The summed E-state index contributed by atoms with van der Waals surface area (Å²) in [5, 5.41) is 5.18. The molecule has 0 bridgehead atoms. The number of rotatable bonds is 7. The Morgan fingerprint density at radius 1 is 1.05 bits per heavy atom. The van der Waals surface area contributed by atoms with Crippen molar-refractivity contribution in [2.75, 3.05) is 18.8 Å². The van der Waals surface area contributed by atoms with Gasteiger partial charge in [-0.1, -0.05) is 24.3 Å². The van der Waals surface area contributed by atoms with Gasteiger partial charge in [-0.25, -0.2) is 19.0 Å². The number of fused-ring (bicyclic) bond motifs is 1. The number of allylic oxidation sites excluding steroid dienone is 1. The lowest BCUT2D eigenvalue weighted by Gasteiger charge is -2.33. The molecule has 4 N–H and O–H groups in total. The van der Waals surface area contributed by atoms with Crippen molar-refractivity contribution >= 4 is 28.7 Å². The number of halogens is 1. The van der Waals surface area contributed by atoms with Crippen LogP contribution >= 0.6 is 0 Å². The van der Waals surface area contributed by atoms with E-state index in [0.717, 1.165) is 12.8 Å². The molecule has 2 amide bonds. The first kappa shape index (κ1) is 25.5. The molecule has 1 atom stereocenters. The summed E-state index contributed by atoms with van der Waals surface area (Å²) in [6.07, 6.45) is 6.31. The molecule has 40 heavy (non-hydrogen) atoms. The Bertz CT molecular complexity index is 1630. The van der Waals surface area contributed by atoms with E-state index in [9.17, 15) is 9.59 Å². The zero-order valence-electron chi connectivity index (χ0n) is 21.7. The van der Waals surface area contributed by atoms with Crippen LogP contribution in [-0.4, -0.2) is 49.6 Å². The Labute approximate surface area is 229 Å². The zero-order chi connectivity index (χ0) is 27.8. The third-order valence-electron chi connectivity index (χ3n) is 7.24. The van der Waals surface area contributed by atoms with Crippen molar-refractivity contribution < 1.29 is 18.7 Å². The average molecular weight is 542 g/mol. The minimum absolute atomic E-state index is 0.0283. The fourth-order valence-corrected chi connectivity index (χ4v) is 5.08. The van der Waals surface area contributed by atoms with Gasteiger partial charge in [0.2, 0.25) is 0 Å². The van der Waals surface area contributed by atoms with Crippen molar-refractivity contribution in [1.82, 2.24) is 24.6 Å². The predicted molar refractivity (Wildman–Crippen MR) is 146 cm³/mol. The van der Waals surface area contributed by atoms with E-state index in [1.54, 1.807) is 39.9 Å². The molecule has 2 aromatic heterocycles. The van der Waals surface area contributed by atoms with E-state index in [1.807, 2.05) is 18.2 Å². The smallest absolute Gasteiger partial charge is 0.259 e. The standard InChI is InChI=1S/C29H28FN7O3/c30-23-14-20(40-19-6-2-1-3-7-19)10-11-21(23)25-24-26(31)33-16-34-28(24)37(35-25)18-5-4-12-36(15-18)29(39)22(27(32)38)13-17-8-9-17/h1-3,6-7,10-11,13-14,16-18H,4-5,8-9,12,15H2,(H2,32,38)(H2,31,33,34)/b22-13+/t18-/m1/s1. The predicted octanol–water partition coefficient (Wildman–Crippen LogP) is 3.99. The number of amides is 2. The first-order valence-corrected chi connectivity index (χ1v) is 13.2. The van der Waals surface area contributed by atoms with Crippen LogP contribution in [0.2, 0.25) is 0 Å². The fraction of sp³-hybridized carbons (Fsp3) is 0.276. The van der Waals surface area contributed by atoms with E-state index in [1.165, 1.54) is 12.4 Å². The molecule has 6 rings (SSSR count). The highest BCUT2D eigenvalue weighted by molar-refractivity contribution is 6.17. The number of carbonyl (C=O) groups excluding carboxylic acids is 2. The lowest BCUT2D eigenvalue weighted by Crippen LogP contribution is -2.43. The van der Waals surface area contributed by atoms with Crippen LogP contribution in [0.5, 0.6) is 11.5 Å². The molecule has 3 heterocycles. The molecule has 1 aliphatic carbocycles. The molecule has 2 aromatic carbocycles. The number of ether oxygens (including phenoxy) is 1. The summed E-state index contributed by atoms with van der Waals surface area (Å²) < 4.78 is 22.9. The first-order chi connectivity index (χ1) is 19.4. The molecule has 10 nitrogen and oxygen atoms in total.